The summed E-state index contributed by atoms with van der Waals surface area (Å²) in [4.78, 5) is 16.4. The number of carbonyl (C=O) groups excluding carboxylic acids is 1. The highest BCUT2D eigenvalue weighted by Gasteiger charge is 2.21. The Kier molecular flexibility index (Phi) is 5.40. The van der Waals surface area contributed by atoms with E-state index in [2.05, 4.69) is 37.9 Å². The zero-order chi connectivity index (χ0) is 12.9. The second kappa shape index (κ2) is 6.36. The van der Waals surface area contributed by atoms with Gasteiger partial charge in [-0.2, -0.15) is 0 Å². The minimum Gasteiger partial charge on any atom is -0.339 e. The Morgan fingerprint density at radius 2 is 1.76 bits per heavy atom. The normalized spacial score (nSPS) is 18.5. The highest BCUT2D eigenvalue weighted by atomic mass is 16.2. The fourth-order valence-corrected chi connectivity index (χ4v) is 1.99. The maximum absolute atomic E-state index is 12.0. The third-order valence-corrected chi connectivity index (χ3v) is 3.03. The molecule has 0 radical (unpaired) electrons. The molecule has 0 unspecified atom stereocenters. The van der Waals surface area contributed by atoms with Gasteiger partial charge in [0, 0.05) is 31.7 Å². The molecule has 0 aromatic heterocycles. The molecule has 0 aromatic rings. The highest BCUT2D eigenvalue weighted by Crippen LogP contribution is 2.04. The van der Waals surface area contributed by atoms with E-state index in [1.807, 2.05) is 4.90 Å². The minimum atomic E-state index is 0.0136. The van der Waals surface area contributed by atoms with Crippen LogP contribution in [0.5, 0.6) is 0 Å². The van der Waals surface area contributed by atoms with Crippen LogP contribution < -0.4 is 5.32 Å². The third kappa shape index (κ3) is 5.50. The zero-order valence-electron chi connectivity index (χ0n) is 11.8. The van der Waals surface area contributed by atoms with Crippen molar-refractivity contribution in [2.45, 2.75) is 39.7 Å². The topological polar surface area (TPSA) is 35.6 Å². The molecule has 1 aliphatic heterocycles. The van der Waals surface area contributed by atoms with E-state index in [9.17, 15) is 4.79 Å². The summed E-state index contributed by atoms with van der Waals surface area (Å²) in [6, 6.07) is 0. The summed E-state index contributed by atoms with van der Waals surface area (Å²) in [6.07, 6.45) is 1.19. The van der Waals surface area contributed by atoms with Crippen molar-refractivity contribution in [2.24, 2.45) is 0 Å². The van der Waals surface area contributed by atoms with E-state index >= 15 is 0 Å². The Morgan fingerprint density at radius 3 is 2.24 bits per heavy atom. The molecule has 0 atom stereocenters. The molecule has 1 amide bonds. The molecular weight excluding hydrogens is 214 g/mol. The van der Waals surface area contributed by atoms with Crippen molar-refractivity contribution < 1.29 is 4.79 Å². The fourth-order valence-electron chi connectivity index (χ4n) is 1.99. The second-order valence-corrected chi connectivity index (χ2v) is 5.83. The van der Waals surface area contributed by atoms with Gasteiger partial charge in [-0.3, -0.25) is 9.69 Å². The van der Waals surface area contributed by atoms with Gasteiger partial charge in [0.25, 0.3) is 0 Å². The zero-order valence-corrected chi connectivity index (χ0v) is 11.8. The largest absolute Gasteiger partial charge is 0.339 e. The summed E-state index contributed by atoms with van der Waals surface area (Å²) < 4.78 is 0. The van der Waals surface area contributed by atoms with Gasteiger partial charge >= 0.3 is 0 Å². The van der Waals surface area contributed by atoms with E-state index in [1.54, 1.807) is 0 Å². The Bertz CT molecular complexity index is 240. The van der Waals surface area contributed by atoms with Gasteiger partial charge in [-0.25, -0.2) is 0 Å². The van der Waals surface area contributed by atoms with Gasteiger partial charge in [-0.05, 0) is 33.7 Å². The average Bonchev–Trinajstić information content (AvgIpc) is 2.26. The molecule has 100 valence electrons. The molecule has 0 aromatic carbocycles. The number of hydrogen-bond donors (Lipinski definition) is 1. The monoisotopic (exact) mass is 241 g/mol. The lowest BCUT2D eigenvalue weighted by atomic mass is 10.1. The third-order valence-electron chi connectivity index (χ3n) is 3.03. The predicted molar refractivity (Wildman–Crippen MR) is 71.1 cm³/mol. The summed E-state index contributed by atoms with van der Waals surface area (Å²) >= 11 is 0. The van der Waals surface area contributed by atoms with Crippen LogP contribution in [-0.4, -0.2) is 60.5 Å². The van der Waals surface area contributed by atoms with Crippen molar-refractivity contribution in [3.05, 3.63) is 0 Å². The smallest absolute Gasteiger partial charge is 0.236 e. The van der Waals surface area contributed by atoms with Gasteiger partial charge in [0.15, 0.2) is 0 Å². The van der Waals surface area contributed by atoms with Gasteiger partial charge in [-0.15, -0.1) is 0 Å². The lowest BCUT2D eigenvalue weighted by Crippen LogP contribution is -2.52. The molecule has 0 spiro atoms. The van der Waals surface area contributed by atoms with Gasteiger partial charge < -0.3 is 10.2 Å². The van der Waals surface area contributed by atoms with Crippen LogP contribution in [0.1, 0.15) is 34.1 Å². The summed E-state index contributed by atoms with van der Waals surface area (Å²) in [7, 11) is 0. The SMILES string of the molecule is CCCN1CCN(C(=O)CNC(C)(C)C)CC1. The number of nitrogens with zero attached hydrogens (tertiary/aromatic N) is 2. The standard InChI is InChI=1S/C13H27N3O/c1-5-6-15-7-9-16(10-8-15)12(17)11-14-13(2,3)4/h14H,5-11H2,1-4H3. The van der Waals surface area contributed by atoms with Crippen LogP contribution >= 0.6 is 0 Å². The molecule has 1 heterocycles. The molecule has 1 rings (SSSR count). The van der Waals surface area contributed by atoms with Crippen LogP contribution in [0.4, 0.5) is 0 Å². The molecule has 0 aliphatic carbocycles. The Balaban J connectivity index is 2.26. The predicted octanol–water partition coefficient (Wildman–Crippen LogP) is 0.929. The van der Waals surface area contributed by atoms with Crippen LogP contribution in [0, 0.1) is 0 Å². The van der Waals surface area contributed by atoms with Crippen molar-refractivity contribution >= 4 is 5.91 Å². The molecule has 1 N–H and O–H groups in total. The van der Waals surface area contributed by atoms with Crippen LogP contribution in [0.3, 0.4) is 0 Å². The van der Waals surface area contributed by atoms with E-state index in [0.717, 1.165) is 32.7 Å². The molecule has 0 bridgehead atoms. The van der Waals surface area contributed by atoms with Crippen LogP contribution in [0.25, 0.3) is 0 Å². The Hall–Kier alpha value is -0.610. The number of carbonyl (C=O) groups is 1. The first-order valence-corrected chi connectivity index (χ1v) is 6.67. The number of rotatable bonds is 4. The highest BCUT2D eigenvalue weighted by molar-refractivity contribution is 5.78. The first-order valence-electron chi connectivity index (χ1n) is 6.67. The Labute approximate surface area is 105 Å². The minimum absolute atomic E-state index is 0.0136. The van der Waals surface area contributed by atoms with E-state index in [0.29, 0.717) is 6.54 Å². The molecule has 17 heavy (non-hydrogen) atoms. The van der Waals surface area contributed by atoms with Crippen LogP contribution in [-0.2, 0) is 4.79 Å². The van der Waals surface area contributed by atoms with E-state index in [4.69, 9.17) is 0 Å². The van der Waals surface area contributed by atoms with Crippen LogP contribution in [0.2, 0.25) is 0 Å². The summed E-state index contributed by atoms with van der Waals surface area (Å²) in [5, 5.41) is 3.25. The lowest BCUT2D eigenvalue weighted by molar-refractivity contribution is -0.132. The van der Waals surface area contributed by atoms with Crippen molar-refractivity contribution in [1.82, 2.24) is 15.1 Å². The van der Waals surface area contributed by atoms with Crippen molar-refractivity contribution in [3.63, 3.8) is 0 Å². The first-order chi connectivity index (χ1) is 7.92. The van der Waals surface area contributed by atoms with Gasteiger partial charge in [0.05, 0.1) is 6.54 Å². The summed E-state index contributed by atoms with van der Waals surface area (Å²) in [6.45, 7) is 13.9. The van der Waals surface area contributed by atoms with Gasteiger partial charge in [0.2, 0.25) is 5.91 Å². The number of amides is 1. The summed E-state index contributed by atoms with van der Waals surface area (Å²) in [5.74, 6) is 0.232. The van der Waals surface area contributed by atoms with E-state index in [1.165, 1.54) is 6.42 Å². The molecule has 1 fully saturated rings. The first kappa shape index (κ1) is 14.5. The Morgan fingerprint density at radius 1 is 1.18 bits per heavy atom. The molecule has 0 saturated carbocycles. The maximum atomic E-state index is 12.0. The van der Waals surface area contributed by atoms with E-state index < -0.39 is 0 Å². The quantitative estimate of drug-likeness (QED) is 0.795. The van der Waals surface area contributed by atoms with Crippen LogP contribution in [0.15, 0.2) is 0 Å². The van der Waals surface area contributed by atoms with Crippen molar-refractivity contribution in [2.75, 3.05) is 39.3 Å². The maximum Gasteiger partial charge on any atom is 0.236 e. The molecule has 1 saturated heterocycles. The number of nitrogens with one attached hydrogen (secondary N) is 1. The van der Waals surface area contributed by atoms with E-state index in [-0.39, 0.29) is 11.4 Å². The van der Waals surface area contributed by atoms with Crippen molar-refractivity contribution in [1.29, 1.82) is 0 Å². The number of hydrogen-bond acceptors (Lipinski definition) is 3. The molecule has 4 heteroatoms. The second-order valence-electron chi connectivity index (χ2n) is 5.83. The molecular formula is C13H27N3O. The molecule has 1 aliphatic rings. The van der Waals surface area contributed by atoms with Gasteiger partial charge in [0.1, 0.15) is 0 Å². The van der Waals surface area contributed by atoms with Crippen molar-refractivity contribution in [3.8, 4) is 0 Å². The number of piperazine rings is 1. The fraction of sp³-hybridized carbons (Fsp3) is 0.923. The lowest BCUT2D eigenvalue weighted by Gasteiger charge is -2.35. The average molecular weight is 241 g/mol. The summed E-state index contributed by atoms with van der Waals surface area (Å²) in [5.41, 5.74) is 0.0136. The van der Waals surface area contributed by atoms with Gasteiger partial charge in [-0.1, -0.05) is 6.92 Å². The molecule has 4 nitrogen and oxygen atoms in total.